The summed E-state index contributed by atoms with van der Waals surface area (Å²) in [7, 11) is -3.77. The van der Waals surface area contributed by atoms with Crippen molar-refractivity contribution in [2.24, 2.45) is 0 Å². The summed E-state index contributed by atoms with van der Waals surface area (Å²) in [5.74, 6) is -1.54. The zero-order valence-electron chi connectivity index (χ0n) is 9.43. The number of anilines is 1. The maximum absolute atomic E-state index is 11.9. The molecule has 0 fully saturated rings. The average Bonchev–Trinajstić information content (AvgIpc) is 2.27. The van der Waals surface area contributed by atoms with E-state index in [9.17, 15) is 13.2 Å². The van der Waals surface area contributed by atoms with E-state index in [1.807, 2.05) is 0 Å². The smallest absolute Gasteiger partial charge is 0.324 e. The van der Waals surface area contributed by atoms with Gasteiger partial charge in [0.05, 0.1) is 21.5 Å². The van der Waals surface area contributed by atoms with E-state index < -0.39 is 22.5 Å². The molecule has 8 heteroatoms. The highest BCUT2D eigenvalue weighted by Crippen LogP contribution is 2.35. The number of carboxylic acids is 1. The molecular formula is C10H11Cl2NO4S. The number of halogens is 2. The number of hydrogen-bond acceptors (Lipinski definition) is 3. The molecule has 0 heterocycles. The van der Waals surface area contributed by atoms with Crippen LogP contribution in [0.3, 0.4) is 0 Å². The Balaban J connectivity index is 3.40. The maximum atomic E-state index is 11.9. The Morgan fingerprint density at radius 2 is 1.83 bits per heavy atom. The van der Waals surface area contributed by atoms with Crippen LogP contribution in [0.2, 0.25) is 10.0 Å². The van der Waals surface area contributed by atoms with Crippen LogP contribution in [0.4, 0.5) is 5.69 Å². The third-order valence-corrected chi connectivity index (χ3v) is 4.49. The molecule has 1 aromatic rings. The van der Waals surface area contributed by atoms with Crippen LogP contribution in [0, 0.1) is 0 Å². The van der Waals surface area contributed by atoms with Crippen LogP contribution in [0.15, 0.2) is 18.2 Å². The molecule has 18 heavy (non-hydrogen) atoms. The van der Waals surface area contributed by atoms with Gasteiger partial charge in [0.1, 0.15) is 6.54 Å². The summed E-state index contributed by atoms with van der Waals surface area (Å²) in [6.07, 6.45) is 0. The lowest BCUT2D eigenvalue weighted by Crippen LogP contribution is -2.37. The van der Waals surface area contributed by atoms with Gasteiger partial charge in [0.15, 0.2) is 0 Å². The Labute approximate surface area is 115 Å². The lowest BCUT2D eigenvalue weighted by atomic mass is 10.3. The normalized spacial score (nSPS) is 11.3. The van der Waals surface area contributed by atoms with Crippen LogP contribution in [0.1, 0.15) is 6.92 Å². The van der Waals surface area contributed by atoms with Crippen LogP contribution in [0.25, 0.3) is 0 Å². The van der Waals surface area contributed by atoms with Gasteiger partial charge in [-0.15, -0.1) is 0 Å². The summed E-state index contributed by atoms with van der Waals surface area (Å²) in [4.78, 5) is 10.8. The summed E-state index contributed by atoms with van der Waals surface area (Å²) in [6.45, 7) is 0.689. The van der Waals surface area contributed by atoms with Gasteiger partial charge in [-0.3, -0.25) is 9.10 Å². The molecule has 0 radical (unpaired) electrons. The fourth-order valence-electron chi connectivity index (χ4n) is 1.32. The number of aliphatic carboxylic acids is 1. The molecule has 1 aromatic carbocycles. The monoisotopic (exact) mass is 311 g/mol. The Bertz CT molecular complexity index is 539. The Kier molecular flexibility index (Phi) is 4.84. The number of rotatable bonds is 5. The first kappa shape index (κ1) is 15.1. The number of benzene rings is 1. The minimum absolute atomic E-state index is 0.00918. The number of sulfonamides is 1. The first-order valence-corrected chi connectivity index (χ1v) is 7.32. The van der Waals surface area contributed by atoms with E-state index in [0.29, 0.717) is 4.31 Å². The minimum atomic E-state index is -3.77. The van der Waals surface area contributed by atoms with Gasteiger partial charge in [0.2, 0.25) is 10.0 Å². The molecule has 1 N–H and O–H groups in total. The average molecular weight is 312 g/mol. The van der Waals surface area contributed by atoms with Crippen molar-refractivity contribution in [2.45, 2.75) is 6.92 Å². The molecule has 0 saturated heterocycles. The van der Waals surface area contributed by atoms with Gasteiger partial charge in [-0.25, -0.2) is 8.42 Å². The van der Waals surface area contributed by atoms with E-state index in [2.05, 4.69) is 0 Å². The van der Waals surface area contributed by atoms with Crippen molar-refractivity contribution < 1.29 is 18.3 Å². The highest BCUT2D eigenvalue weighted by Gasteiger charge is 2.27. The number of nitrogens with zero attached hydrogens (tertiary/aromatic N) is 1. The summed E-state index contributed by atoms with van der Waals surface area (Å²) in [5.41, 5.74) is -0.00918. The highest BCUT2D eigenvalue weighted by molar-refractivity contribution is 7.92. The molecule has 0 aliphatic heterocycles. The molecule has 0 aromatic heterocycles. The second-order valence-corrected chi connectivity index (χ2v) is 6.37. The van der Waals surface area contributed by atoms with Gasteiger partial charge in [-0.2, -0.15) is 0 Å². The molecule has 0 amide bonds. The van der Waals surface area contributed by atoms with Gasteiger partial charge in [-0.1, -0.05) is 29.3 Å². The Morgan fingerprint density at radius 3 is 2.22 bits per heavy atom. The highest BCUT2D eigenvalue weighted by atomic mass is 35.5. The number of carbonyl (C=O) groups is 1. The zero-order chi connectivity index (χ0) is 13.9. The fourth-order valence-corrected chi connectivity index (χ4v) is 3.12. The quantitative estimate of drug-likeness (QED) is 0.905. The van der Waals surface area contributed by atoms with Gasteiger partial charge in [0, 0.05) is 0 Å². The largest absolute Gasteiger partial charge is 0.480 e. The van der Waals surface area contributed by atoms with E-state index in [1.54, 1.807) is 6.07 Å². The van der Waals surface area contributed by atoms with Crippen molar-refractivity contribution in [3.63, 3.8) is 0 Å². The molecule has 0 unspecified atom stereocenters. The molecule has 1 rings (SSSR count). The SMILES string of the molecule is CCS(=O)(=O)N(CC(=O)O)c1c(Cl)cccc1Cl. The maximum Gasteiger partial charge on any atom is 0.324 e. The van der Waals surface area contributed by atoms with E-state index in [4.69, 9.17) is 28.3 Å². The van der Waals surface area contributed by atoms with Gasteiger partial charge in [-0.05, 0) is 19.1 Å². The van der Waals surface area contributed by atoms with Gasteiger partial charge in [0.25, 0.3) is 0 Å². The minimum Gasteiger partial charge on any atom is -0.480 e. The van der Waals surface area contributed by atoms with Crippen molar-refractivity contribution in [2.75, 3.05) is 16.6 Å². The summed E-state index contributed by atoms with van der Waals surface area (Å²) in [6, 6.07) is 4.44. The van der Waals surface area contributed by atoms with E-state index in [1.165, 1.54) is 19.1 Å². The predicted octanol–water partition coefficient (Wildman–Crippen LogP) is 2.23. The van der Waals surface area contributed by atoms with Crippen molar-refractivity contribution in [3.8, 4) is 0 Å². The van der Waals surface area contributed by atoms with E-state index in [-0.39, 0.29) is 21.5 Å². The van der Waals surface area contributed by atoms with Crippen LogP contribution in [0.5, 0.6) is 0 Å². The van der Waals surface area contributed by atoms with Crippen LogP contribution in [-0.2, 0) is 14.8 Å². The second kappa shape index (κ2) is 5.77. The molecule has 5 nitrogen and oxygen atoms in total. The van der Waals surface area contributed by atoms with Crippen LogP contribution in [-0.4, -0.2) is 31.8 Å². The number of carboxylic acid groups (broad SMARTS) is 1. The molecule has 0 bridgehead atoms. The molecule has 0 aliphatic rings. The zero-order valence-corrected chi connectivity index (χ0v) is 11.8. The standard InChI is InChI=1S/C10H11Cl2NO4S/c1-2-18(16,17)13(6-9(14)15)10-7(11)4-3-5-8(10)12/h3-5H,2,6H2,1H3,(H,14,15). The molecule has 100 valence electrons. The third-order valence-electron chi connectivity index (χ3n) is 2.17. The Morgan fingerprint density at radius 1 is 1.33 bits per heavy atom. The summed E-state index contributed by atoms with van der Waals surface area (Å²) < 4.78 is 24.5. The van der Waals surface area contributed by atoms with E-state index >= 15 is 0 Å². The molecular weight excluding hydrogens is 301 g/mol. The first-order valence-electron chi connectivity index (χ1n) is 4.95. The Hall–Kier alpha value is -0.980. The lowest BCUT2D eigenvalue weighted by Gasteiger charge is -2.23. The fraction of sp³-hybridized carbons (Fsp3) is 0.300. The van der Waals surface area contributed by atoms with Crippen molar-refractivity contribution in [1.82, 2.24) is 0 Å². The summed E-state index contributed by atoms with van der Waals surface area (Å²) in [5, 5.41) is 8.96. The van der Waals surface area contributed by atoms with Crippen molar-refractivity contribution >= 4 is 44.9 Å². The van der Waals surface area contributed by atoms with E-state index in [0.717, 1.165) is 0 Å². The van der Waals surface area contributed by atoms with Crippen molar-refractivity contribution in [1.29, 1.82) is 0 Å². The van der Waals surface area contributed by atoms with Crippen LogP contribution < -0.4 is 4.31 Å². The van der Waals surface area contributed by atoms with Crippen molar-refractivity contribution in [3.05, 3.63) is 28.2 Å². The molecule has 0 spiro atoms. The first-order chi connectivity index (χ1) is 8.29. The molecule has 0 atom stereocenters. The van der Waals surface area contributed by atoms with Gasteiger partial charge >= 0.3 is 5.97 Å². The number of para-hydroxylation sites is 1. The molecule has 0 aliphatic carbocycles. The molecule has 0 saturated carbocycles. The second-order valence-electron chi connectivity index (χ2n) is 3.37. The predicted molar refractivity (Wildman–Crippen MR) is 70.9 cm³/mol. The van der Waals surface area contributed by atoms with Gasteiger partial charge < -0.3 is 5.11 Å². The summed E-state index contributed by atoms with van der Waals surface area (Å²) >= 11 is 11.8. The van der Waals surface area contributed by atoms with Crippen LogP contribution >= 0.6 is 23.2 Å². The topological polar surface area (TPSA) is 74.7 Å². The lowest BCUT2D eigenvalue weighted by molar-refractivity contribution is -0.135. The third kappa shape index (κ3) is 3.28. The number of hydrogen-bond donors (Lipinski definition) is 1.